The van der Waals surface area contributed by atoms with Gasteiger partial charge < -0.3 is 18.8 Å². The third-order valence-electron chi connectivity index (χ3n) is 5.91. The molecule has 5 aromatic rings. The number of halogens is 1. The van der Waals surface area contributed by atoms with Crippen LogP contribution in [0.4, 0.5) is 0 Å². The van der Waals surface area contributed by atoms with Crippen LogP contribution in [0, 0.1) is 0 Å². The number of nitrogens with zero attached hydrogens (tertiary/aromatic N) is 4. The van der Waals surface area contributed by atoms with Crippen molar-refractivity contribution in [3.05, 3.63) is 86.7 Å². The molecule has 3 aromatic carbocycles. The van der Waals surface area contributed by atoms with Gasteiger partial charge in [0, 0.05) is 15.2 Å². The van der Waals surface area contributed by atoms with Crippen molar-refractivity contribution in [2.45, 2.75) is 13.1 Å². The first-order chi connectivity index (χ1) is 17.0. The van der Waals surface area contributed by atoms with E-state index in [1.165, 1.54) is 0 Å². The fourth-order valence-electron chi connectivity index (χ4n) is 4.34. The summed E-state index contributed by atoms with van der Waals surface area (Å²) in [5.41, 5.74) is 3.41. The van der Waals surface area contributed by atoms with E-state index in [-0.39, 0.29) is 5.43 Å². The lowest BCUT2D eigenvalue weighted by Gasteiger charge is -2.14. The van der Waals surface area contributed by atoms with Gasteiger partial charge in [-0.15, -0.1) is 5.10 Å². The van der Waals surface area contributed by atoms with Crippen molar-refractivity contribution in [3.8, 4) is 17.2 Å². The number of benzene rings is 3. The zero-order valence-corrected chi connectivity index (χ0v) is 21.1. The highest BCUT2D eigenvalue weighted by Gasteiger charge is 2.15. The van der Waals surface area contributed by atoms with Crippen LogP contribution in [0.25, 0.3) is 21.8 Å². The van der Waals surface area contributed by atoms with Gasteiger partial charge in [-0.05, 0) is 48.0 Å². The second kappa shape index (κ2) is 9.42. The minimum Gasteiger partial charge on any atom is -0.493 e. The van der Waals surface area contributed by atoms with E-state index in [2.05, 4.69) is 30.8 Å². The first-order valence-corrected chi connectivity index (χ1v) is 11.7. The fraction of sp³-hybridized carbons (Fsp3) is 0.192. The number of ether oxygens (including phenoxy) is 3. The van der Waals surface area contributed by atoms with Crippen molar-refractivity contribution in [1.82, 2.24) is 19.6 Å². The van der Waals surface area contributed by atoms with Crippen LogP contribution in [0.1, 0.15) is 11.3 Å². The van der Waals surface area contributed by atoms with Gasteiger partial charge in [0.2, 0.25) is 5.75 Å². The molecular weight excluding hydrogens is 512 g/mol. The molecule has 0 unspecified atom stereocenters. The first kappa shape index (κ1) is 22.9. The number of aromatic nitrogens is 4. The Bertz CT molecular complexity index is 1580. The summed E-state index contributed by atoms with van der Waals surface area (Å²) in [5.74, 6) is 1.71. The molecule has 0 fully saturated rings. The second-order valence-electron chi connectivity index (χ2n) is 8.03. The Balaban J connectivity index is 1.52. The Hall–Kier alpha value is -3.85. The third-order valence-corrected chi connectivity index (χ3v) is 6.40. The molecule has 5 rings (SSSR count). The van der Waals surface area contributed by atoms with E-state index in [1.807, 2.05) is 60.8 Å². The standard InChI is InChI=1S/C26H23BrN4O4/c1-33-23-10-16(11-24(34-2)26(23)35-3)13-30-14-18(28-29-30)15-31-21-7-5-4-6-19(21)25(32)20-12-17(27)8-9-22(20)31/h4-12,14H,13,15H2,1-3H3. The van der Waals surface area contributed by atoms with Gasteiger partial charge in [0.25, 0.3) is 0 Å². The van der Waals surface area contributed by atoms with Crippen LogP contribution >= 0.6 is 15.9 Å². The summed E-state index contributed by atoms with van der Waals surface area (Å²) in [6.07, 6.45) is 1.90. The lowest BCUT2D eigenvalue weighted by Crippen LogP contribution is -2.12. The van der Waals surface area contributed by atoms with Gasteiger partial charge in [-0.2, -0.15) is 0 Å². The number of para-hydroxylation sites is 1. The molecule has 0 N–H and O–H groups in total. The summed E-state index contributed by atoms with van der Waals surface area (Å²) in [4.78, 5) is 13.1. The number of hydrogen-bond acceptors (Lipinski definition) is 6. The summed E-state index contributed by atoms with van der Waals surface area (Å²) in [6.45, 7) is 0.941. The van der Waals surface area contributed by atoms with Gasteiger partial charge >= 0.3 is 0 Å². The molecule has 9 heteroatoms. The Morgan fingerprint density at radius 3 is 2.29 bits per heavy atom. The highest BCUT2D eigenvalue weighted by Crippen LogP contribution is 2.38. The smallest absolute Gasteiger partial charge is 0.203 e. The van der Waals surface area contributed by atoms with Gasteiger partial charge in [0.15, 0.2) is 16.9 Å². The van der Waals surface area contributed by atoms with E-state index in [1.54, 1.807) is 26.0 Å². The molecule has 0 aliphatic heterocycles. The minimum atomic E-state index is 0.0132. The van der Waals surface area contributed by atoms with Gasteiger partial charge in [0.1, 0.15) is 5.69 Å². The van der Waals surface area contributed by atoms with E-state index < -0.39 is 0 Å². The van der Waals surface area contributed by atoms with Gasteiger partial charge in [0.05, 0.1) is 51.6 Å². The van der Waals surface area contributed by atoms with Crippen LogP contribution < -0.4 is 19.6 Å². The van der Waals surface area contributed by atoms with E-state index in [0.717, 1.165) is 26.8 Å². The van der Waals surface area contributed by atoms with Gasteiger partial charge in [-0.25, -0.2) is 4.68 Å². The maximum atomic E-state index is 13.1. The van der Waals surface area contributed by atoms with Crippen LogP contribution in [-0.4, -0.2) is 40.9 Å². The summed E-state index contributed by atoms with van der Waals surface area (Å²) in [7, 11) is 4.76. The van der Waals surface area contributed by atoms with Crippen LogP contribution in [0.5, 0.6) is 17.2 Å². The number of rotatable bonds is 7. The maximum absolute atomic E-state index is 13.1. The zero-order chi connectivity index (χ0) is 24.5. The lowest BCUT2D eigenvalue weighted by molar-refractivity contribution is 0.323. The molecule has 2 heterocycles. The van der Waals surface area contributed by atoms with Crippen LogP contribution in [-0.2, 0) is 13.1 Å². The third kappa shape index (κ3) is 4.23. The normalized spacial score (nSPS) is 11.2. The van der Waals surface area contributed by atoms with Crippen LogP contribution in [0.15, 0.2) is 70.1 Å². The molecule has 0 spiro atoms. The average molecular weight is 535 g/mol. The summed E-state index contributed by atoms with van der Waals surface area (Å²) in [6, 6.07) is 17.2. The van der Waals surface area contributed by atoms with Crippen molar-refractivity contribution < 1.29 is 14.2 Å². The van der Waals surface area contributed by atoms with Crippen molar-refractivity contribution in [3.63, 3.8) is 0 Å². The van der Waals surface area contributed by atoms with E-state index >= 15 is 0 Å². The topological polar surface area (TPSA) is 80.4 Å². The molecule has 178 valence electrons. The maximum Gasteiger partial charge on any atom is 0.203 e. The predicted molar refractivity (Wildman–Crippen MR) is 138 cm³/mol. The van der Waals surface area contributed by atoms with Crippen LogP contribution in [0.3, 0.4) is 0 Å². The minimum absolute atomic E-state index is 0.0132. The number of fused-ring (bicyclic) bond motifs is 2. The fourth-order valence-corrected chi connectivity index (χ4v) is 4.70. The van der Waals surface area contributed by atoms with Gasteiger partial charge in [-0.3, -0.25) is 4.79 Å². The molecule has 0 radical (unpaired) electrons. The monoisotopic (exact) mass is 534 g/mol. The number of methoxy groups -OCH3 is 3. The highest BCUT2D eigenvalue weighted by atomic mass is 79.9. The molecule has 0 aliphatic carbocycles. The zero-order valence-electron chi connectivity index (χ0n) is 19.5. The van der Waals surface area contributed by atoms with Crippen molar-refractivity contribution in [2.75, 3.05) is 21.3 Å². The summed E-state index contributed by atoms with van der Waals surface area (Å²) >= 11 is 3.49. The van der Waals surface area contributed by atoms with Crippen molar-refractivity contribution >= 4 is 37.7 Å². The van der Waals surface area contributed by atoms with Crippen molar-refractivity contribution in [1.29, 1.82) is 0 Å². The Labute approximate surface area is 209 Å². The molecule has 0 saturated heterocycles. The molecule has 0 bridgehead atoms. The lowest BCUT2D eigenvalue weighted by atomic mass is 10.1. The molecule has 0 saturated carbocycles. The Morgan fingerprint density at radius 1 is 0.857 bits per heavy atom. The Kier molecular flexibility index (Phi) is 6.17. The second-order valence-corrected chi connectivity index (χ2v) is 8.95. The molecule has 0 aliphatic rings. The van der Waals surface area contributed by atoms with Crippen molar-refractivity contribution in [2.24, 2.45) is 0 Å². The molecule has 35 heavy (non-hydrogen) atoms. The first-order valence-electron chi connectivity index (χ1n) is 10.9. The largest absolute Gasteiger partial charge is 0.493 e. The van der Waals surface area contributed by atoms with Crippen LogP contribution in [0.2, 0.25) is 0 Å². The molecule has 0 amide bonds. The molecule has 0 atom stereocenters. The predicted octanol–water partition coefficient (Wildman–Crippen LogP) is 4.63. The van der Waals surface area contributed by atoms with E-state index in [9.17, 15) is 4.79 Å². The summed E-state index contributed by atoms with van der Waals surface area (Å²) < 4.78 is 21.1. The Morgan fingerprint density at radius 2 is 1.57 bits per heavy atom. The average Bonchev–Trinajstić information content (AvgIpc) is 3.32. The number of hydrogen-bond donors (Lipinski definition) is 0. The van der Waals surface area contributed by atoms with E-state index in [0.29, 0.717) is 41.1 Å². The molecule has 8 nitrogen and oxygen atoms in total. The SMILES string of the molecule is COc1cc(Cn2cc(Cn3c4ccccc4c(=O)c4cc(Br)ccc43)nn2)cc(OC)c1OC. The molecular formula is C26H23BrN4O4. The quantitative estimate of drug-likeness (QED) is 0.283. The molecule has 2 aromatic heterocycles. The van der Waals surface area contributed by atoms with Gasteiger partial charge in [-0.1, -0.05) is 33.3 Å². The van der Waals surface area contributed by atoms with E-state index in [4.69, 9.17) is 14.2 Å². The highest BCUT2D eigenvalue weighted by molar-refractivity contribution is 9.10. The number of pyridine rings is 1. The summed E-state index contributed by atoms with van der Waals surface area (Å²) in [5, 5.41) is 10.0.